The van der Waals surface area contributed by atoms with Crippen LogP contribution in [0.4, 0.5) is 0 Å². The van der Waals surface area contributed by atoms with Crippen LogP contribution in [0, 0.1) is 5.92 Å². The predicted molar refractivity (Wildman–Crippen MR) is 107 cm³/mol. The molecule has 136 valence electrons. The molecule has 0 saturated heterocycles. The number of rotatable bonds is 8. The molecule has 1 aliphatic rings. The highest BCUT2D eigenvalue weighted by Gasteiger charge is 2.19. The smallest absolute Gasteiger partial charge is 0.213 e. The molecule has 0 bridgehead atoms. The van der Waals surface area contributed by atoms with Crippen molar-refractivity contribution in [3.05, 3.63) is 30.1 Å². The van der Waals surface area contributed by atoms with Crippen LogP contribution in [0.5, 0.6) is 0 Å². The van der Waals surface area contributed by atoms with E-state index in [4.69, 9.17) is 0 Å². The zero-order chi connectivity index (χ0) is 16.5. The van der Waals surface area contributed by atoms with Gasteiger partial charge in [0.15, 0.2) is 5.96 Å². The second-order valence-electron chi connectivity index (χ2n) is 5.64. The second-order valence-corrected chi connectivity index (χ2v) is 7.56. The third-order valence-corrected chi connectivity index (χ3v) is 5.21. The number of aliphatic imine (C=N–C) groups is 1. The molecule has 9 heteroatoms. The van der Waals surface area contributed by atoms with Crippen LogP contribution in [-0.2, 0) is 16.6 Å². The van der Waals surface area contributed by atoms with E-state index in [9.17, 15) is 8.42 Å². The number of hydrogen-bond acceptors (Lipinski definition) is 4. The number of hydrogen-bond donors (Lipinski definition) is 3. The van der Waals surface area contributed by atoms with Gasteiger partial charge in [0.25, 0.3) is 0 Å². The zero-order valence-corrected chi connectivity index (χ0v) is 17.0. The fraction of sp³-hybridized carbons (Fsp3) is 0.600. The highest BCUT2D eigenvalue weighted by atomic mass is 127. The molecule has 0 aliphatic heterocycles. The van der Waals surface area contributed by atoms with Gasteiger partial charge in [-0.2, -0.15) is 0 Å². The van der Waals surface area contributed by atoms with Crippen LogP contribution >= 0.6 is 24.0 Å². The lowest BCUT2D eigenvalue weighted by Gasteiger charge is -2.25. The van der Waals surface area contributed by atoms with Gasteiger partial charge in [-0.25, -0.2) is 13.1 Å². The minimum absolute atomic E-state index is 0. The van der Waals surface area contributed by atoms with Crippen molar-refractivity contribution in [3.8, 4) is 0 Å². The molecule has 3 N–H and O–H groups in total. The minimum Gasteiger partial charge on any atom is -0.355 e. The topological polar surface area (TPSA) is 95.5 Å². The Kier molecular flexibility index (Phi) is 9.52. The molecule has 0 amide bonds. The van der Waals surface area contributed by atoms with E-state index in [0.717, 1.165) is 18.5 Å². The average Bonchev–Trinajstić information content (AvgIpc) is 2.50. The van der Waals surface area contributed by atoms with Crippen molar-refractivity contribution in [2.24, 2.45) is 10.9 Å². The Hall–Kier alpha value is -0.940. The molecule has 1 aromatic heterocycles. The highest BCUT2D eigenvalue weighted by Crippen LogP contribution is 2.25. The molecule has 0 atom stereocenters. The molecule has 1 heterocycles. The van der Waals surface area contributed by atoms with Crippen LogP contribution in [-0.4, -0.2) is 45.3 Å². The lowest BCUT2D eigenvalue weighted by molar-refractivity contribution is 0.316. The first-order valence-corrected chi connectivity index (χ1v) is 9.56. The Bertz CT molecular complexity index is 606. The van der Waals surface area contributed by atoms with Gasteiger partial charge in [-0.3, -0.25) is 9.98 Å². The standard InChI is InChI=1S/C15H25N5O2S.HI/c1-16-15(19-12-14-7-2-3-8-17-14)18-9-10-23(21,22)20-11-13-5-4-6-13;/h2-3,7-8,13,20H,4-6,9-12H2,1H3,(H2,16,18,19);1H. The Morgan fingerprint density at radius 1 is 1.33 bits per heavy atom. The summed E-state index contributed by atoms with van der Waals surface area (Å²) in [5.41, 5.74) is 0.894. The summed E-state index contributed by atoms with van der Waals surface area (Å²) in [7, 11) is -1.58. The van der Waals surface area contributed by atoms with Crippen LogP contribution in [0.1, 0.15) is 25.0 Å². The maximum atomic E-state index is 11.9. The third kappa shape index (κ3) is 7.75. The average molecular weight is 467 g/mol. The number of nitrogens with one attached hydrogen (secondary N) is 3. The first-order valence-electron chi connectivity index (χ1n) is 7.91. The van der Waals surface area contributed by atoms with Crippen molar-refractivity contribution in [2.45, 2.75) is 25.8 Å². The molecule has 2 rings (SSSR count). The first kappa shape index (κ1) is 21.1. The van der Waals surface area contributed by atoms with E-state index >= 15 is 0 Å². The lowest BCUT2D eigenvalue weighted by Crippen LogP contribution is -2.41. The maximum absolute atomic E-state index is 11.9. The summed E-state index contributed by atoms with van der Waals surface area (Å²) >= 11 is 0. The number of aromatic nitrogens is 1. The molecular formula is C15H26IN5O2S. The van der Waals surface area contributed by atoms with E-state index in [1.807, 2.05) is 18.2 Å². The Labute approximate surface area is 161 Å². The van der Waals surface area contributed by atoms with Crippen molar-refractivity contribution >= 4 is 40.0 Å². The van der Waals surface area contributed by atoms with Gasteiger partial charge in [-0.05, 0) is 30.9 Å². The number of nitrogens with zero attached hydrogens (tertiary/aromatic N) is 2. The van der Waals surface area contributed by atoms with Gasteiger partial charge in [0.2, 0.25) is 10.0 Å². The van der Waals surface area contributed by atoms with Crippen LogP contribution in [0.15, 0.2) is 29.4 Å². The van der Waals surface area contributed by atoms with Crippen molar-refractivity contribution in [1.29, 1.82) is 0 Å². The van der Waals surface area contributed by atoms with Gasteiger partial charge >= 0.3 is 0 Å². The van der Waals surface area contributed by atoms with Crippen LogP contribution in [0.25, 0.3) is 0 Å². The Balaban J connectivity index is 0.00000288. The number of sulfonamides is 1. The van der Waals surface area contributed by atoms with E-state index in [0.29, 0.717) is 31.5 Å². The molecular weight excluding hydrogens is 441 g/mol. The molecule has 1 aromatic rings. The normalized spacial score (nSPS) is 15.3. The molecule has 24 heavy (non-hydrogen) atoms. The molecule has 0 aromatic carbocycles. The fourth-order valence-electron chi connectivity index (χ4n) is 2.22. The quantitative estimate of drug-likeness (QED) is 0.302. The van der Waals surface area contributed by atoms with Crippen LogP contribution in [0.3, 0.4) is 0 Å². The largest absolute Gasteiger partial charge is 0.355 e. The van der Waals surface area contributed by atoms with Crippen LogP contribution < -0.4 is 15.4 Å². The summed E-state index contributed by atoms with van der Waals surface area (Å²) in [5, 5.41) is 6.10. The van der Waals surface area contributed by atoms with Crippen molar-refractivity contribution in [3.63, 3.8) is 0 Å². The predicted octanol–water partition coefficient (Wildman–Crippen LogP) is 1.08. The summed E-state index contributed by atoms with van der Waals surface area (Å²) in [6.07, 6.45) is 5.20. The molecule has 0 radical (unpaired) electrons. The Morgan fingerprint density at radius 2 is 2.12 bits per heavy atom. The van der Waals surface area contributed by atoms with E-state index in [2.05, 4.69) is 25.3 Å². The molecule has 0 spiro atoms. The summed E-state index contributed by atoms with van der Waals surface area (Å²) in [4.78, 5) is 8.28. The van der Waals surface area contributed by atoms with E-state index in [-0.39, 0.29) is 29.7 Å². The lowest BCUT2D eigenvalue weighted by atomic mass is 9.86. The Morgan fingerprint density at radius 3 is 2.71 bits per heavy atom. The van der Waals surface area contributed by atoms with Gasteiger partial charge in [-0.15, -0.1) is 24.0 Å². The van der Waals surface area contributed by atoms with Gasteiger partial charge in [0.05, 0.1) is 18.0 Å². The summed E-state index contributed by atoms with van der Waals surface area (Å²) in [6.45, 7) is 1.41. The number of halogens is 1. The van der Waals surface area contributed by atoms with Crippen molar-refractivity contribution in [2.75, 3.05) is 25.9 Å². The maximum Gasteiger partial charge on any atom is 0.213 e. The first-order chi connectivity index (χ1) is 11.1. The molecule has 1 fully saturated rings. The summed E-state index contributed by atoms with van der Waals surface area (Å²) < 4.78 is 26.5. The monoisotopic (exact) mass is 467 g/mol. The fourth-order valence-corrected chi connectivity index (χ4v) is 3.22. The molecule has 1 saturated carbocycles. The van der Waals surface area contributed by atoms with Gasteiger partial charge in [-0.1, -0.05) is 12.5 Å². The van der Waals surface area contributed by atoms with E-state index in [1.54, 1.807) is 13.2 Å². The SMILES string of the molecule is CN=C(NCCS(=O)(=O)NCC1CCC1)NCc1ccccn1.I. The van der Waals surface area contributed by atoms with Crippen molar-refractivity contribution < 1.29 is 8.42 Å². The van der Waals surface area contributed by atoms with E-state index in [1.165, 1.54) is 6.42 Å². The van der Waals surface area contributed by atoms with Gasteiger partial charge in [0.1, 0.15) is 0 Å². The van der Waals surface area contributed by atoms with E-state index < -0.39 is 10.0 Å². The number of pyridine rings is 1. The minimum atomic E-state index is -3.23. The number of guanidine groups is 1. The van der Waals surface area contributed by atoms with Crippen LogP contribution in [0.2, 0.25) is 0 Å². The summed E-state index contributed by atoms with van der Waals surface area (Å²) in [5.74, 6) is 1.11. The molecule has 1 aliphatic carbocycles. The van der Waals surface area contributed by atoms with Gasteiger partial charge in [0, 0.05) is 26.3 Å². The molecule has 0 unspecified atom stereocenters. The molecule has 7 nitrogen and oxygen atoms in total. The van der Waals surface area contributed by atoms with Crippen molar-refractivity contribution in [1.82, 2.24) is 20.3 Å². The summed E-state index contributed by atoms with van der Waals surface area (Å²) in [6, 6.07) is 5.69. The highest BCUT2D eigenvalue weighted by molar-refractivity contribution is 14.0. The third-order valence-electron chi connectivity index (χ3n) is 3.87. The zero-order valence-electron chi connectivity index (χ0n) is 13.9. The van der Waals surface area contributed by atoms with Gasteiger partial charge < -0.3 is 10.6 Å². The second kappa shape index (κ2) is 10.8.